The van der Waals surface area contributed by atoms with Gasteiger partial charge in [0, 0.05) is 10.7 Å². The van der Waals surface area contributed by atoms with Crippen molar-refractivity contribution >= 4 is 28.8 Å². The van der Waals surface area contributed by atoms with Gasteiger partial charge in [-0.3, -0.25) is 0 Å². The molecule has 0 bridgehead atoms. The number of hydrogen-bond acceptors (Lipinski definition) is 5. The number of nitrogens with zero attached hydrogens (tertiary/aromatic N) is 4. The number of anilines is 2. The molecule has 0 aliphatic rings. The second kappa shape index (κ2) is 8.10. The quantitative estimate of drug-likeness (QED) is 0.457. The molecular weight excluding hydrogens is 374 g/mol. The molecule has 0 saturated carbocycles. The molecule has 0 unspecified atom stereocenters. The summed E-state index contributed by atoms with van der Waals surface area (Å²) in [6, 6.07) is 19.0. The summed E-state index contributed by atoms with van der Waals surface area (Å²) in [4.78, 5) is 0. The normalized spacial score (nSPS) is 10.8. The maximum atomic E-state index is 6.04. The van der Waals surface area contributed by atoms with Gasteiger partial charge in [0.05, 0.1) is 0 Å². The van der Waals surface area contributed by atoms with Crippen LogP contribution in [0.1, 0.15) is 11.4 Å². The maximum absolute atomic E-state index is 6.04. The van der Waals surface area contributed by atoms with Gasteiger partial charge >= 0.3 is 0 Å². The van der Waals surface area contributed by atoms with E-state index in [1.807, 2.05) is 66.7 Å². The average molecular weight is 392 g/mol. The zero-order valence-electron chi connectivity index (χ0n) is 15.0. The molecule has 4 rings (SSSR count). The van der Waals surface area contributed by atoms with Crippen molar-refractivity contribution < 1.29 is 4.74 Å². The first-order chi connectivity index (χ1) is 13.7. The molecule has 4 aromatic rings. The summed E-state index contributed by atoms with van der Waals surface area (Å²) in [5, 5.41) is 16.8. The van der Waals surface area contributed by atoms with Crippen LogP contribution in [0.4, 0.5) is 11.5 Å². The second-order valence-electron chi connectivity index (χ2n) is 6.13. The van der Waals surface area contributed by atoms with Crippen molar-refractivity contribution in [1.29, 1.82) is 0 Å². The molecule has 2 heterocycles. The van der Waals surface area contributed by atoms with E-state index in [2.05, 4.69) is 27.2 Å². The summed E-state index contributed by atoms with van der Waals surface area (Å²) < 4.78 is 7.64. The SMILES string of the molecule is C=CCc1ccccc1OCc1nnc2ccc(Nc3cccc(Cl)c3)nn12. The van der Waals surface area contributed by atoms with E-state index in [9.17, 15) is 0 Å². The Morgan fingerprint density at radius 3 is 2.82 bits per heavy atom. The number of nitrogens with one attached hydrogen (secondary N) is 1. The standard InChI is InChI=1S/C21H18ClN5O/c1-2-6-15-7-3-4-10-18(15)28-14-21-25-24-20-12-11-19(26-27(20)21)23-17-9-5-8-16(22)13-17/h2-5,7-13H,1,6,14H2,(H,23,26). The Kier molecular flexibility index (Phi) is 5.21. The minimum atomic E-state index is 0.253. The third-order valence-corrected chi connectivity index (χ3v) is 4.35. The monoisotopic (exact) mass is 391 g/mol. The zero-order valence-corrected chi connectivity index (χ0v) is 15.8. The molecule has 0 fully saturated rings. The van der Waals surface area contributed by atoms with Crippen LogP contribution in [0.15, 0.2) is 73.3 Å². The van der Waals surface area contributed by atoms with Crippen molar-refractivity contribution in [2.45, 2.75) is 13.0 Å². The number of benzene rings is 2. The fourth-order valence-electron chi connectivity index (χ4n) is 2.82. The van der Waals surface area contributed by atoms with Gasteiger partial charge in [0.15, 0.2) is 17.3 Å². The minimum absolute atomic E-state index is 0.253. The lowest BCUT2D eigenvalue weighted by molar-refractivity contribution is 0.290. The van der Waals surface area contributed by atoms with E-state index >= 15 is 0 Å². The van der Waals surface area contributed by atoms with Crippen molar-refractivity contribution in [2.75, 3.05) is 5.32 Å². The lowest BCUT2D eigenvalue weighted by atomic mass is 10.1. The molecule has 2 aromatic heterocycles. The Labute approximate surface area is 167 Å². The van der Waals surface area contributed by atoms with Gasteiger partial charge < -0.3 is 10.1 Å². The topological polar surface area (TPSA) is 64.3 Å². The summed E-state index contributed by atoms with van der Waals surface area (Å²) in [6.45, 7) is 4.04. The molecule has 0 amide bonds. The van der Waals surface area contributed by atoms with E-state index in [1.165, 1.54) is 0 Å². The van der Waals surface area contributed by atoms with Crippen LogP contribution in [-0.4, -0.2) is 19.8 Å². The largest absolute Gasteiger partial charge is 0.485 e. The summed E-state index contributed by atoms with van der Waals surface area (Å²) in [7, 11) is 0. The Hall–Kier alpha value is -3.38. The van der Waals surface area contributed by atoms with Crippen molar-refractivity contribution in [3.05, 3.63) is 89.7 Å². The van der Waals surface area contributed by atoms with Crippen LogP contribution in [0.5, 0.6) is 5.75 Å². The number of halogens is 1. The molecule has 0 atom stereocenters. The molecule has 6 nitrogen and oxygen atoms in total. The van der Waals surface area contributed by atoms with E-state index in [0.29, 0.717) is 22.3 Å². The maximum Gasteiger partial charge on any atom is 0.192 e. The fourth-order valence-corrected chi connectivity index (χ4v) is 3.01. The third-order valence-electron chi connectivity index (χ3n) is 4.12. The predicted molar refractivity (Wildman–Crippen MR) is 110 cm³/mol. The summed E-state index contributed by atoms with van der Waals surface area (Å²) in [6.07, 6.45) is 2.59. The summed E-state index contributed by atoms with van der Waals surface area (Å²) in [5.74, 6) is 2.06. The van der Waals surface area contributed by atoms with E-state index in [1.54, 1.807) is 4.52 Å². The molecule has 0 aliphatic carbocycles. The van der Waals surface area contributed by atoms with Gasteiger partial charge in [-0.1, -0.05) is 41.9 Å². The van der Waals surface area contributed by atoms with Crippen LogP contribution in [0.2, 0.25) is 5.02 Å². The first kappa shape index (κ1) is 18.0. The first-order valence-corrected chi connectivity index (χ1v) is 9.16. The lowest BCUT2D eigenvalue weighted by Gasteiger charge is -2.10. The van der Waals surface area contributed by atoms with Crippen molar-refractivity contribution in [3.8, 4) is 5.75 Å². The molecule has 2 aromatic carbocycles. The highest BCUT2D eigenvalue weighted by atomic mass is 35.5. The Balaban J connectivity index is 1.56. The zero-order chi connectivity index (χ0) is 19.3. The Bertz CT molecular complexity index is 1120. The van der Waals surface area contributed by atoms with Crippen LogP contribution in [0.3, 0.4) is 0 Å². The van der Waals surface area contributed by atoms with Crippen LogP contribution in [0, 0.1) is 0 Å². The molecular formula is C21H18ClN5O. The van der Waals surface area contributed by atoms with E-state index in [0.717, 1.165) is 23.4 Å². The second-order valence-corrected chi connectivity index (χ2v) is 6.57. The van der Waals surface area contributed by atoms with Crippen molar-refractivity contribution in [2.24, 2.45) is 0 Å². The van der Waals surface area contributed by atoms with Crippen LogP contribution >= 0.6 is 11.6 Å². The van der Waals surface area contributed by atoms with Gasteiger partial charge in [0.25, 0.3) is 0 Å². The number of rotatable bonds is 7. The number of ether oxygens (including phenoxy) is 1. The highest BCUT2D eigenvalue weighted by Gasteiger charge is 2.10. The highest BCUT2D eigenvalue weighted by molar-refractivity contribution is 6.30. The van der Waals surface area contributed by atoms with Crippen LogP contribution in [0.25, 0.3) is 5.65 Å². The van der Waals surface area contributed by atoms with Crippen molar-refractivity contribution in [1.82, 2.24) is 19.8 Å². The summed E-state index contributed by atoms with van der Waals surface area (Å²) in [5.41, 5.74) is 2.57. The summed E-state index contributed by atoms with van der Waals surface area (Å²) >= 11 is 6.04. The fraction of sp³-hybridized carbons (Fsp3) is 0.0952. The van der Waals surface area contributed by atoms with Gasteiger partial charge in [0.1, 0.15) is 12.4 Å². The van der Waals surface area contributed by atoms with E-state index in [4.69, 9.17) is 16.3 Å². The van der Waals surface area contributed by atoms with Crippen LogP contribution in [-0.2, 0) is 13.0 Å². The van der Waals surface area contributed by atoms with Crippen molar-refractivity contribution in [3.63, 3.8) is 0 Å². The lowest BCUT2D eigenvalue weighted by Crippen LogP contribution is -2.06. The predicted octanol–water partition coefficient (Wildman–Crippen LogP) is 4.83. The third kappa shape index (κ3) is 3.97. The number of aromatic nitrogens is 4. The number of allylic oxidation sites excluding steroid dienone is 1. The Morgan fingerprint density at radius 2 is 1.96 bits per heavy atom. The number of fused-ring (bicyclic) bond motifs is 1. The van der Waals surface area contributed by atoms with Gasteiger partial charge in [-0.05, 0) is 48.4 Å². The van der Waals surface area contributed by atoms with Crippen LogP contribution < -0.4 is 10.1 Å². The molecule has 0 radical (unpaired) electrons. The van der Waals surface area contributed by atoms with E-state index in [-0.39, 0.29) is 6.61 Å². The number of para-hydroxylation sites is 1. The van der Waals surface area contributed by atoms with E-state index < -0.39 is 0 Å². The smallest absolute Gasteiger partial charge is 0.192 e. The average Bonchev–Trinajstić information content (AvgIpc) is 3.10. The van der Waals surface area contributed by atoms with Gasteiger partial charge in [-0.2, -0.15) is 4.52 Å². The minimum Gasteiger partial charge on any atom is -0.485 e. The molecule has 0 aliphatic heterocycles. The molecule has 0 saturated heterocycles. The molecule has 7 heteroatoms. The first-order valence-electron chi connectivity index (χ1n) is 8.78. The van der Waals surface area contributed by atoms with Gasteiger partial charge in [-0.15, -0.1) is 21.9 Å². The highest BCUT2D eigenvalue weighted by Crippen LogP contribution is 2.21. The molecule has 140 valence electrons. The molecule has 28 heavy (non-hydrogen) atoms. The molecule has 1 N–H and O–H groups in total. The van der Waals surface area contributed by atoms with Gasteiger partial charge in [-0.25, -0.2) is 0 Å². The number of hydrogen-bond donors (Lipinski definition) is 1. The van der Waals surface area contributed by atoms with Gasteiger partial charge in [0.2, 0.25) is 0 Å². The Morgan fingerprint density at radius 1 is 1.07 bits per heavy atom. The molecule has 0 spiro atoms.